The molecule has 1 aliphatic rings. The van der Waals surface area contributed by atoms with E-state index < -0.39 is 6.04 Å². The molecule has 0 bridgehead atoms. The van der Waals surface area contributed by atoms with Crippen molar-refractivity contribution in [3.8, 4) is 11.5 Å². The first-order valence-corrected chi connectivity index (χ1v) is 12.0. The molecule has 38 heavy (non-hydrogen) atoms. The first-order valence-electron chi connectivity index (χ1n) is 12.0. The summed E-state index contributed by atoms with van der Waals surface area (Å²) < 4.78 is 12.4. The summed E-state index contributed by atoms with van der Waals surface area (Å²) >= 11 is 0. The molecule has 4 aromatic rings. The maximum atomic E-state index is 13.7. The molecular weight excluding hydrogens is 482 g/mol. The molecule has 1 atom stereocenters. The van der Waals surface area contributed by atoms with Crippen molar-refractivity contribution in [1.82, 2.24) is 9.78 Å². The number of nitrogens with one attached hydrogen (secondary N) is 3. The van der Waals surface area contributed by atoms with Crippen LogP contribution in [0, 0.1) is 0 Å². The third-order valence-corrected chi connectivity index (χ3v) is 6.33. The Kier molecular flexibility index (Phi) is 6.82. The van der Waals surface area contributed by atoms with Gasteiger partial charge in [0.05, 0.1) is 31.7 Å². The number of carbonyl (C=O) groups excluding carboxylic acids is 2. The fourth-order valence-corrected chi connectivity index (χ4v) is 4.47. The molecule has 0 saturated heterocycles. The van der Waals surface area contributed by atoms with Crippen molar-refractivity contribution in [3.05, 3.63) is 107 Å². The van der Waals surface area contributed by atoms with E-state index in [1.165, 1.54) is 6.20 Å². The van der Waals surface area contributed by atoms with Gasteiger partial charge in [0.25, 0.3) is 11.8 Å². The summed E-state index contributed by atoms with van der Waals surface area (Å²) in [5, 5.41) is 13.7. The van der Waals surface area contributed by atoms with Crippen molar-refractivity contribution >= 4 is 29.0 Å². The van der Waals surface area contributed by atoms with Crippen LogP contribution in [0.25, 0.3) is 0 Å². The molecule has 0 saturated carbocycles. The maximum absolute atomic E-state index is 13.7. The molecule has 0 spiro atoms. The number of para-hydroxylation sites is 3. The number of benzene rings is 3. The molecule has 1 aromatic heterocycles. The number of rotatable bonds is 7. The van der Waals surface area contributed by atoms with Crippen LogP contribution in [0.5, 0.6) is 11.5 Å². The van der Waals surface area contributed by atoms with Gasteiger partial charge in [0.15, 0.2) is 0 Å². The standard InChI is InChI=1S/C29H27N5O4/c1-18-25(29(36)33-23-11-7-8-12-24(23)38-3)26(19-13-15-21(37-2)16-14-19)34-27(31-18)22(17-30-34)28(35)32-20-9-5-4-6-10-20/h4-17,26,31H,1-3H3,(H,32,35)(H,33,36). The lowest BCUT2D eigenvalue weighted by molar-refractivity contribution is -0.113. The predicted molar refractivity (Wildman–Crippen MR) is 146 cm³/mol. The first-order chi connectivity index (χ1) is 18.5. The van der Waals surface area contributed by atoms with E-state index in [1.807, 2.05) is 73.7 Å². The largest absolute Gasteiger partial charge is 0.497 e. The summed E-state index contributed by atoms with van der Waals surface area (Å²) in [6.07, 6.45) is 1.51. The Morgan fingerprint density at radius 2 is 1.58 bits per heavy atom. The summed E-state index contributed by atoms with van der Waals surface area (Å²) in [5.74, 6) is 1.09. The summed E-state index contributed by atoms with van der Waals surface area (Å²) in [6, 6.07) is 23.2. The Labute approximate surface area is 220 Å². The van der Waals surface area contributed by atoms with Gasteiger partial charge < -0.3 is 25.4 Å². The van der Waals surface area contributed by atoms with Crippen LogP contribution in [-0.4, -0.2) is 35.8 Å². The Hall–Kier alpha value is -5.05. The van der Waals surface area contributed by atoms with Crippen molar-refractivity contribution in [3.63, 3.8) is 0 Å². The molecule has 9 nitrogen and oxygen atoms in total. The maximum Gasteiger partial charge on any atom is 0.261 e. The van der Waals surface area contributed by atoms with E-state index in [1.54, 1.807) is 31.0 Å². The van der Waals surface area contributed by atoms with Crippen LogP contribution in [0.1, 0.15) is 28.9 Å². The smallest absolute Gasteiger partial charge is 0.261 e. The minimum Gasteiger partial charge on any atom is -0.497 e. The first kappa shape index (κ1) is 24.6. The van der Waals surface area contributed by atoms with Gasteiger partial charge in [0.1, 0.15) is 28.9 Å². The lowest BCUT2D eigenvalue weighted by Crippen LogP contribution is -2.32. The molecule has 0 fully saturated rings. The fraction of sp³-hybridized carbons (Fsp3) is 0.138. The molecule has 9 heteroatoms. The second-order valence-corrected chi connectivity index (χ2v) is 8.67. The Morgan fingerprint density at radius 1 is 0.868 bits per heavy atom. The normalized spacial score (nSPS) is 14.2. The van der Waals surface area contributed by atoms with Crippen LogP contribution in [0.3, 0.4) is 0 Å². The lowest BCUT2D eigenvalue weighted by atomic mass is 9.94. The Bertz CT molecular complexity index is 1510. The molecule has 1 unspecified atom stereocenters. The van der Waals surface area contributed by atoms with Crippen LogP contribution < -0.4 is 25.4 Å². The van der Waals surface area contributed by atoms with Gasteiger partial charge in [-0.05, 0) is 48.9 Å². The SMILES string of the molecule is COc1ccc(C2C(C(=O)Nc3ccccc3OC)=C(C)Nc3c(C(=O)Nc4ccccc4)cnn32)cc1. The second kappa shape index (κ2) is 10.5. The number of ether oxygens (including phenoxy) is 2. The number of nitrogens with zero attached hydrogens (tertiary/aromatic N) is 2. The molecule has 5 rings (SSSR count). The number of hydrogen-bond acceptors (Lipinski definition) is 6. The fourth-order valence-electron chi connectivity index (χ4n) is 4.47. The quantitative estimate of drug-likeness (QED) is 0.321. The summed E-state index contributed by atoms with van der Waals surface area (Å²) in [4.78, 5) is 26.9. The van der Waals surface area contributed by atoms with Gasteiger partial charge in [0, 0.05) is 11.4 Å². The number of amides is 2. The molecule has 3 aromatic carbocycles. The van der Waals surface area contributed by atoms with E-state index in [0.717, 1.165) is 5.56 Å². The Balaban J connectivity index is 1.55. The van der Waals surface area contributed by atoms with Gasteiger partial charge in [-0.3, -0.25) is 9.59 Å². The zero-order chi connectivity index (χ0) is 26.6. The van der Waals surface area contributed by atoms with Gasteiger partial charge >= 0.3 is 0 Å². The zero-order valence-corrected chi connectivity index (χ0v) is 21.2. The number of carbonyl (C=O) groups is 2. The summed E-state index contributed by atoms with van der Waals surface area (Å²) in [5.41, 5.74) is 3.42. The molecule has 2 amide bonds. The number of fused-ring (bicyclic) bond motifs is 1. The minimum absolute atomic E-state index is 0.312. The highest BCUT2D eigenvalue weighted by atomic mass is 16.5. The number of aromatic nitrogens is 2. The van der Waals surface area contributed by atoms with Gasteiger partial charge in [0.2, 0.25) is 0 Å². The van der Waals surface area contributed by atoms with Crippen molar-refractivity contribution in [2.24, 2.45) is 0 Å². The van der Waals surface area contributed by atoms with Gasteiger partial charge in [-0.25, -0.2) is 4.68 Å². The Morgan fingerprint density at radius 3 is 2.29 bits per heavy atom. The van der Waals surface area contributed by atoms with Gasteiger partial charge in [-0.2, -0.15) is 5.10 Å². The third kappa shape index (κ3) is 4.69. The van der Waals surface area contributed by atoms with Crippen molar-refractivity contribution in [2.45, 2.75) is 13.0 Å². The van der Waals surface area contributed by atoms with Crippen molar-refractivity contribution < 1.29 is 19.1 Å². The molecule has 192 valence electrons. The average Bonchev–Trinajstić information content (AvgIpc) is 3.36. The molecule has 2 heterocycles. The zero-order valence-electron chi connectivity index (χ0n) is 21.2. The number of methoxy groups -OCH3 is 2. The monoisotopic (exact) mass is 509 g/mol. The van der Waals surface area contributed by atoms with Crippen LogP contribution in [0.2, 0.25) is 0 Å². The third-order valence-electron chi connectivity index (χ3n) is 6.33. The highest BCUT2D eigenvalue weighted by molar-refractivity contribution is 6.09. The van der Waals surface area contributed by atoms with E-state index in [2.05, 4.69) is 21.0 Å². The molecule has 0 aliphatic carbocycles. The van der Waals surface area contributed by atoms with E-state index in [4.69, 9.17) is 9.47 Å². The minimum atomic E-state index is -0.606. The molecule has 0 radical (unpaired) electrons. The van der Waals surface area contributed by atoms with Crippen LogP contribution >= 0.6 is 0 Å². The lowest BCUT2D eigenvalue weighted by Gasteiger charge is -2.30. The highest BCUT2D eigenvalue weighted by Crippen LogP contribution is 2.39. The van der Waals surface area contributed by atoms with E-state index in [0.29, 0.717) is 45.5 Å². The van der Waals surface area contributed by atoms with Crippen LogP contribution in [0.4, 0.5) is 17.2 Å². The summed E-state index contributed by atoms with van der Waals surface area (Å²) in [6.45, 7) is 1.81. The van der Waals surface area contributed by atoms with E-state index in [9.17, 15) is 9.59 Å². The van der Waals surface area contributed by atoms with Crippen LogP contribution in [-0.2, 0) is 4.79 Å². The summed E-state index contributed by atoms with van der Waals surface area (Å²) in [7, 11) is 3.15. The van der Waals surface area contributed by atoms with Crippen LogP contribution in [0.15, 0.2) is 96.3 Å². The number of allylic oxidation sites excluding steroid dienone is 1. The molecule has 1 aliphatic heterocycles. The van der Waals surface area contributed by atoms with Crippen molar-refractivity contribution in [2.75, 3.05) is 30.2 Å². The average molecular weight is 510 g/mol. The molecule has 3 N–H and O–H groups in total. The van der Waals surface area contributed by atoms with Crippen molar-refractivity contribution in [1.29, 1.82) is 0 Å². The van der Waals surface area contributed by atoms with E-state index in [-0.39, 0.29) is 11.8 Å². The topological polar surface area (TPSA) is 107 Å². The number of hydrogen-bond donors (Lipinski definition) is 3. The molecular formula is C29H27N5O4. The second-order valence-electron chi connectivity index (χ2n) is 8.67. The predicted octanol–water partition coefficient (Wildman–Crippen LogP) is 5.08. The number of anilines is 3. The van der Waals surface area contributed by atoms with Gasteiger partial charge in [-0.1, -0.05) is 42.5 Å². The van der Waals surface area contributed by atoms with Gasteiger partial charge in [-0.15, -0.1) is 0 Å². The van der Waals surface area contributed by atoms with E-state index >= 15 is 0 Å². The highest BCUT2D eigenvalue weighted by Gasteiger charge is 2.35.